The molecule has 2 aliphatic rings. The lowest BCUT2D eigenvalue weighted by Crippen LogP contribution is -2.48. The van der Waals surface area contributed by atoms with E-state index in [4.69, 9.17) is 6.57 Å². The maximum absolute atomic E-state index is 14.9. The molecule has 8 nitrogen and oxygen atoms in total. The molecule has 0 saturated carbocycles. The van der Waals surface area contributed by atoms with E-state index in [0.717, 1.165) is 12.8 Å². The third kappa shape index (κ3) is 4.12. The van der Waals surface area contributed by atoms with Gasteiger partial charge in [-0.25, -0.2) is 17.8 Å². The summed E-state index contributed by atoms with van der Waals surface area (Å²) < 4.78 is 34.8. The SMILES string of the molecule is [C-]#[N+]c1ccc(C(=O)Cc2ccc(F)c([C@]3(C)C[S@]4(=O)=NCCCCN4C(C)=N3)n2)nc1. The monoisotopic (exact) mass is 454 g/mol. The molecular weight excluding hydrogens is 431 g/mol. The number of fused-ring (bicyclic) bond motifs is 1. The van der Waals surface area contributed by atoms with Gasteiger partial charge < -0.3 is 0 Å². The molecule has 32 heavy (non-hydrogen) atoms. The Morgan fingerprint density at radius 3 is 2.84 bits per heavy atom. The lowest BCUT2D eigenvalue weighted by atomic mass is 9.98. The van der Waals surface area contributed by atoms with Crippen molar-refractivity contribution in [3.05, 3.63) is 64.8 Å². The molecule has 2 aromatic heterocycles. The first-order valence-corrected chi connectivity index (χ1v) is 12.0. The Labute approximate surface area is 186 Å². The molecule has 2 aliphatic heterocycles. The van der Waals surface area contributed by atoms with Gasteiger partial charge in [-0.3, -0.25) is 24.1 Å². The van der Waals surface area contributed by atoms with Crippen molar-refractivity contribution in [3.8, 4) is 0 Å². The second kappa shape index (κ2) is 8.39. The van der Waals surface area contributed by atoms with Gasteiger partial charge in [-0.05, 0) is 44.9 Å². The summed E-state index contributed by atoms with van der Waals surface area (Å²) in [6, 6.07) is 5.73. The smallest absolute Gasteiger partial charge is 0.205 e. The van der Waals surface area contributed by atoms with Crippen LogP contribution in [0.25, 0.3) is 4.85 Å². The van der Waals surface area contributed by atoms with Crippen molar-refractivity contribution >= 4 is 27.2 Å². The third-order valence-corrected chi connectivity index (χ3v) is 8.22. The number of pyridine rings is 2. The number of carbonyl (C=O) groups is 1. The molecule has 0 radical (unpaired) electrons. The molecule has 0 aliphatic carbocycles. The fourth-order valence-electron chi connectivity index (χ4n) is 4.04. The van der Waals surface area contributed by atoms with Crippen molar-refractivity contribution in [1.82, 2.24) is 14.3 Å². The van der Waals surface area contributed by atoms with Crippen molar-refractivity contribution in [3.63, 3.8) is 0 Å². The van der Waals surface area contributed by atoms with E-state index in [1.54, 1.807) is 18.2 Å². The molecule has 0 bridgehead atoms. The van der Waals surface area contributed by atoms with Gasteiger partial charge in [-0.15, -0.1) is 0 Å². The average molecular weight is 455 g/mol. The highest BCUT2D eigenvalue weighted by molar-refractivity contribution is 7.92. The number of ketones is 1. The first kappa shape index (κ1) is 22.0. The van der Waals surface area contributed by atoms with Crippen molar-refractivity contribution in [2.24, 2.45) is 9.36 Å². The summed E-state index contributed by atoms with van der Waals surface area (Å²) in [6.07, 6.45) is 2.98. The average Bonchev–Trinajstić information content (AvgIpc) is 2.96. The standard InChI is InChI=1S/C22H23FN6O2S/c1-15-28-22(2,14-32(31)26-10-4-5-11-29(15)32)21-18(23)8-6-16(27-21)12-20(30)19-9-7-17(24-3)13-25-19/h6-9,13H,4-5,10-12,14H2,1-2H3/t22-,32-/m0/s1. The number of Topliss-reactive ketones (excluding diaryl/α,β-unsaturated/α-hetero) is 1. The maximum atomic E-state index is 14.9. The molecule has 2 aromatic rings. The largest absolute Gasteiger partial charge is 0.292 e. The molecule has 0 N–H and O–H groups in total. The number of hydrogen-bond acceptors (Lipinski definition) is 6. The number of rotatable bonds is 4. The molecule has 4 heterocycles. The minimum absolute atomic E-state index is 0.0400. The fraction of sp³-hybridized carbons (Fsp3) is 0.409. The molecule has 10 heteroatoms. The van der Waals surface area contributed by atoms with E-state index in [1.165, 1.54) is 30.5 Å². The van der Waals surface area contributed by atoms with Crippen LogP contribution in [-0.2, 0) is 21.9 Å². The Morgan fingerprint density at radius 2 is 2.12 bits per heavy atom. The van der Waals surface area contributed by atoms with E-state index in [-0.39, 0.29) is 29.3 Å². The van der Waals surface area contributed by atoms with Gasteiger partial charge in [0.2, 0.25) is 5.69 Å². The van der Waals surface area contributed by atoms with Crippen LogP contribution in [0, 0.1) is 12.4 Å². The Kier molecular flexibility index (Phi) is 5.77. The van der Waals surface area contributed by atoms with Crippen LogP contribution >= 0.6 is 0 Å². The summed E-state index contributed by atoms with van der Waals surface area (Å²) in [5.41, 5.74) is -0.190. The molecule has 4 rings (SSSR count). The summed E-state index contributed by atoms with van der Waals surface area (Å²) >= 11 is 0. The molecule has 0 spiro atoms. The summed E-state index contributed by atoms with van der Waals surface area (Å²) in [4.78, 5) is 29.0. The van der Waals surface area contributed by atoms with E-state index in [9.17, 15) is 13.4 Å². The topological polar surface area (TPSA) is 92.2 Å². The normalized spacial score (nSPS) is 25.1. The minimum atomic E-state index is -2.76. The Morgan fingerprint density at radius 1 is 1.31 bits per heavy atom. The van der Waals surface area contributed by atoms with Crippen LogP contribution in [0.4, 0.5) is 10.1 Å². The zero-order valence-corrected chi connectivity index (χ0v) is 18.7. The van der Waals surface area contributed by atoms with Gasteiger partial charge in [-0.2, -0.15) is 0 Å². The predicted molar refractivity (Wildman–Crippen MR) is 119 cm³/mol. The van der Waals surface area contributed by atoms with Gasteiger partial charge in [0.25, 0.3) is 0 Å². The molecule has 0 unspecified atom stereocenters. The highest BCUT2D eigenvalue weighted by Crippen LogP contribution is 2.35. The van der Waals surface area contributed by atoms with Crippen LogP contribution in [0.5, 0.6) is 0 Å². The number of aliphatic imine (C=N–C) groups is 1. The summed E-state index contributed by atoms with van der Waals surface area (Å²) in [5, 5.41) is 0. The van der Waals surface area contributed by atoms with E-state index in [0.29, 0.717) is 30.3 Å². The first-order chi connectivity index (χ1) is 15.2. The maximum Gasteiger partial charge on any atom is 0.205 e. The second-order valence-corrected chi connectivity index (χ2v) is 10.3. The van der Waals surface area contributed by atoms with Crippen molar-refractivity contribution in [2.45, 2.75) is 38.6 Å². The molecule has 2 atom stereocenters. The Bertz CT molecular complexity index is 1260. The van der Waals surface area contributed by atoms with Crippen LogP contribution in [0.3, 0.4) is 0 Å². The van der Waals surface area contributed by atoms with Crippen LogP contribution in [0.15, 0.2) is 39.8 Å². The van der Waals surface area contributed by atoms with E-state index < -0.39 is 21.3 Å². The second-order valence-electron chi connectivity index (χ2n) is 8.09. The van der Waals surface area contributed by atoms with Gasteiger partial charge in [0.15, 0.2) is 5.78 Å². The third-order valence-electron chi connectivity index (χ3n) is 5.56. The quantitative estimate of drug-likeness (QED) is 0.520. The number of aromatic nitrogens is 2. The number of amidine groups is 1. The first-order valence-electron chi connectivity index (χ1n) is 10.3. The van der Waals surface area contributed by atoms with Gasteiger partial charge in [0, 0.05) is 18.4 Å². The Balaban J connectivity index is 1.67. The summed E-state index contributed by atoms with van der Waals surface area (Å²) in [5.74, 6) is -0.264. The predicted octanol–water partition coefficient (Wildman–Crippen LogP) is 3.72. The van der Waals surface area contributed by atoms with Crippen LogP contribution in [0.2, 0.25) is 0 Å². The lowest BCUT2D eigenvalue weighted by Gasteiger charge is -2.38. The molecule has 0 amide bonds. The van der Waals surface area contributed by atoms with Crippen molar-refractivity contribution < 1.29 is 13.4 Å². The van der Waals surface area contributed by atoms with Crippen LogP contribution in [0.1, 0.15) is 48.6 Å². The zero-order valence-electron chi connectivity index (χ0n) is 17.9. The molecule has 0 aromatic carbocycles. The van der Waals surface area contributed by atoms with Crippen LogP contribution in [-0.4, -0.2) is 48.9 Å². The number of nitrogens with zero attached hydrogens (tertiary/aromatic N) is 6. The highest BCUT2D eigenvalue weighted by atomic mass is 32.2. The van der Waals surface area contributed by atoms with Crippen molar-refractivity contribution in [1.29, 1.82) is 0 Å². The lowest BCUT2D eigenvalue weighted by molar-refractivity contribution is 0.0987. The number of hydrogen-bond donors (Lipinski definition) is 0. The van der Waals surface area contributed by atoms with E-state index in [2.05, 4.69) is 24.2 Å². The fourth-order valence-corrected chi connectivity index (χ4v) is 6.64. The van der Waals surface area contributed by atoms with Gasteiger partial charge in [-0.1, -0.05) is 6.07 Å². The summed E-state index contributed by atoms with van der Waals surface area (Å²) in [7, 11) is -2.76. The van der Waals surface area contributed by atoms with E-state index >= 15 is 0 Å². The van der Waals surface area contributed by atoms with Gasteiger partial charge in [0.05, 0.1) is 25.3 Å². The minimum Gasteiger partial charge on any atom is -0.292 e. The molecular formula is C22H23FN6O2S. The van der Waals surface area contributed by atoms with E-state index in [1.807, 2.05) is 0 Å². The molecule has 0 saturated heterocycles. The molecule has 166 valence electrons. The molecule has 0 fully saturated rings. The highest BCUT2D eigenvalue weighted by Gasteiger charge is 2.42. The Hall–Kier alpha value is -3.19. The van der Waals surface area contributed by atoms with Crippen molar-refractivity contribution in [2.75, 3.05) is 18.8 Å². The van der Waals surface area contributed by atoms with Gasteiger partial charge >= 0.3 is 0 Å². The number of halogens is 1. The summed E-state index contributed by atoms with van der Waals surface area (Å²) in [6.45, 7) is 11.6. The zero-order chi connectivity index (χ0) is 22.9. The van der Waals surface area contributed by atoms with Gasteiger partial charge in [0.1, 0.15) is 38.5 Å². The number of carbonyl (C=O) groups excluding carboxylic acids is 1. The van der Waals surface area contributed by atoms with Crippen LogP contribution < -0.4 is 0 Å².